The number of para-hydroxylation sites is 1. The molecular formula is C21H24NO+. The Morgan fingerprint density at radius 2 is 1.48 bits per heavy atom. The summed E-state index contributed by atoms with van der Waals surface area (Å²) in [4.78, 5) is 0. The van der Waals surface area contributed by atoms with Crippen molar-refractivity contribution < 1.29 is 4.42 Å². The van der Waals surface area contributed by atoms with Crippen LogP contribution in [0.15, 0.2) is 65.1 Å². The Balaban J connectivity index is 2.32. The second-order valence-electron chi connectivity index (χ2n) is 5.85. The molecule has 0 saturated heterocycles. The Kier molecular flexibility index (Phi) is 4.92. The zero-order valence-electron chi connectivity index (χ0n) is 14.0. The van der Waals surface area contributed by atoms with Crippen LogP contribution in [-0.2, 0) is 0 Å². The van der Waals surface area contributed by atoms with Crippen molar-refractivity contribution in [1.29, 1.82) is 0 Å². The topological polar surface area (TPSA) is 16.1 Å². The number of hydrogen-bond acceptors (Lipinski definition) is 1. The van der Waals surface area contributed by atoms with E-state index in [4.69, 9.17) is 4.42 Å². The second-order valence-corrected chi connectivity index (χ2v) is 5.85. The fourth-order valence-corrected chi connectivity index (χ4v) is 3.02. The van der Waals surface area contributed by atoms with Gasteiger partial charge in [0, 0.05) is 18.4 Å². The van der Waals surface area contributed by atoms with Crippen LogP contribution in [0.25, 0.3) is 22.3 Å². The van der Waals surface area contributed by atoms with Crippen molar-refractivity contribution in [3.05, 3.63) is 66.0 Å². The molecule has 23 heavy (non-hydrogen) atoms. The molecule has 0 aliphatic heterocycles. The van der Waals surface area contributed by atoms with Crippen LogP contribution in [-0.4, -0.2) is 13.1 Å². The number of benzene rings is 2. The van der Waals surface area contributed by atoms with Crippen molar-refractivity contribution in [3.63, 3.8) is 0 Å². The molecule has 0 fully saturated rings. The summed E-state index contributed by atoms with van der Waals surface area (Å²) in [6, 6.07) is 20.9. The normalized spacial score (nSPS) is 10.9. The molecule has 0 bridgehead atoms. The maximum atomic E-state index is 6.17. The maximum Gasteiger partial charge on any atom is 0.214 e. The van der Waals surface area contributed by atoms with Gasteiger partial charge in [-0.05, 0) is 12.1 Å². The molecule has 118 valence electrons. The van der Waals surface area contributed by atoms with E-state index >= 15 is 0 Å². The lowest BCUT2D eigenvalue weighted by molar-refractivity contribution is 0.553. The third-order valence-electron chi connectivity index (χ3n) is 4.04. The fraction of sp³-hybridized carbons (Fsp3) is 0.286. The smallest absolute Gasteiger partial charge is 0.214 e. The minimum absolute atomic E-state index is 0.927. The van der Waals surface area contributed by atoms with Crippen molar-refractivity contribution in [2.24, 2.45) is 0 Å². The molecule has 0 amide bonds. The zero-order chi connectivity index (χ0) is 16.1. The quantitative estimate of drug-likeness (QED) is 0.624. The van der Waals surface area contributed by atoms with Crippen LogP contribution in [0.4, 0.5) is 0 Å². The van der Waals surface area contributed by atoms with E-state index < -0.39 is 0 Å². The van der Waals surface area contributed by atoms with Crippen LogP contribution in [0, 0.1) is 0 Å². The van der Waals surface area contributed by atoms with E-state index in [1.54, 1.807) is 0 Å². The molecule has 0 unspecified atom stereocenters. The van der Waals surface area contributed by atoms with E-state index in [1.807, 2.05) is 12.1 Å². The molecule has 0 radical (unpaired) electrons. The summed E-state index contributed by atoms with van der Waals surface area (Å²) in [5.41, 5.74) is 2.06. The molecule has 0 aliphatic rings. The molecule has 1 aromatic heterocycles. The molecule has 3 rings (SSSR count). The predicted octanol–water partition coefficient (Wildman–Crippen LogP) is 4.69. The van der Waals surface area contributed by atoms with E-state index in [0.717, 1.165) is 42.8 Å². The zero-order valence-corrected chi connectivity index (χ0v) is 14.0. The van der Waals surface area contributed by atoms with Crippen molar-refractivity contribution >= 4 is 11.0 Å². The third-order valence-corrected chi connectivity index (χ3v) is 4.04. The number of hydrogen-bond donors (Lipinski definition) is 0. The molecule has 0 spiro atoms. The monoisotopic (exact) mass is 306 g/mol. The molecule has 0 N–H and O–H groups in total. The molecule has 3 aromatic rings. The van der Waals surface area contributed by atoms with E-state index in [9.17, 15) is 0 Å². The first-order valence-electron chi connectivity index (χ1n) is 8.49. The van der Waals surface area contributed by atoms with E-state index in [0.29, 0.717) is 0 Å². The lowest BCUT2D eigenvalue weighted by Gasteiger charge is -2.06. The number of nitrogens with zero attached hydrogens (tertiary/aromatic N) is 1. The summed E-state index contributed by atoms with van der Waals surface area (Å²) in [6.45, 7) is 6.60. The average molecular weight is 306 g/mol. The summed E-state index contributed by atoms with van der Waals surface area (Å²) >= 11 is 0. The van der Waals surface area contributed by atoms with Crippen molar-refractivity contribution in [1.82, 2.24) is 4.58 Å². The summed E-state index contributed by atoms with van der Waals surface area (Å²) in [5, 5.41) is 2.46. The second kappa shape index (κ2) is 7.28. The van der Waals surface area contributed by atoms with E-state index in [1.165, 1.54) is 10.7 Å². The van der Waals surface area contributed by atoms with Gasteiger partial charge in [0.25, 0.3) is 0 Å². The van der Waals surface area contributed by atoms with Crippen molar-refractivity contribution in [3.8, 4) is 11.3 Å². The van der Waals surface area contributed by atoms with Gasteiger partial charge in [0.15, 0.2) is 0 Å². The highest BCUT2D eigenvalue weighted by molar-refractivity contribution is 5.78. The maximum absolute atomic E-state index is 6.17. The predicted molar refractivity (Wildman–Crippen MR) is 97.2 cm³/mol. The van der Waals surface area contributed by atoms with Crippen molar-refractivity contribution in [2.75, 3.05) is 13.1 Å². The Labute approximate surface area is 137 Å². The highest BCUT2D eigenvalue weighted by atomic mass is 16.3. The molecule has 0 saturated carbocycles. The molecule has 2 aromatic carbocycles. The first-order chi connectivity index (χ1) is 11.3. The van der Waals surface area contributed by atoms with Crippen LogP contribution < -0.4 is 9.93 Å². The van der Waals surface area contributed by atoms with Gasteiger partial charge in [0.1, 0.15) is 24.4 Å². The summed E-state index contributed by atoms with van der Waals surface area (Å²) in [5.74, 6) is 0.927. The van der Waals surface area contributed by atoms with Crippen LogP contribution in [0.2, 0.25) is 0 Å². The molecular weight excluding hydrogens is 282 g/mol. The minimum Gasteiger partial charge on any atom is -0.456 e. The number of rotatable bonds is 5. The van der Waals surface area contributed by atoms with E-state index in [-0.39, 0.29) is 0 Å². The average Bonchev–Trinajstić information content (AvgIpc) is 2.61. The summed E-state index contributed by atoms with van der Waals surface area (Å²) in [7, 11) is 0. The van der Waals surface area contributed by atoms with Gasteiger partial charge in [-0.25, -0.2) is 4.58 Å². The first kappa shape index (κ1) is 15.5. The van der Waals surface area contributed by atoms with Gasteiger partial charge in [0.05, 0.1) is 11.5 Å². The van der Waals surface area contributed by atoms with Crippen LogP contribution in [0.1, 0.15) is 26.7 Å². The van der Waals surface area contributed by atoms with E-state index in [2.05, 4.69) is 67.0 Å². The van der Waals surface area contributed by atoms with Crippen LogP contribution in [0.5, 0.6) is 0 Å². The lowest BCUT2D eigenvalue weighted by Crippen LogP contribution is -2.32. The summed E-state index contributed by atoms with van der Waals surface area (Å²) < 4.78 is 8.64. The summed E-state index contributed by atoms with van der Waals surface area (Å²) in [6.07, 6.45) is 2.28. The standard InChI is InChI=1S/C21H24NO/c1-3-14-22(15-4-2)19-16-21(17-10-6-5-7-11-17)23-20-13-9-8-12-18(19)20/h5-13,16H,3-4,14-15H2,1-2H3/q+1. The number of fused-ring (bicyclic) bond motifs is 1. The van der Waals surface area contributed by atoms with Gasteiger partial charge in [-0.1, -0.05) is 56.3 Å². The van der Waals surface area contributed by atoms with Gasteiger partial charge < -0.3 is 4.42 Å². The molecule has 2 nitrogen and oxygen atoms in total. The van der Waals surface area contributed by atoms with Gasteiger partial charge in [-0.3, -0.25) is 0 Å². The highest BCUT2D eigenvalue weighted by Gasteiger charge is 2.12. The lowest BCUT2D eigenvalue weighted by atomic mass is 10.1. The largest absolute Gasteiger partial charge is 0.456 e. The Bertz CT molecular complexity index is 838. The Morgan fingerprint density at radius 3 is 2.17 bits per heavy atom. The Hall–Kier alpha value is -2.35. The first-order valence-corrected chi connectivity index (χ1v) is 8.49. The van der Waals surface area contributed by atoms with Gasteiger partial charge in [-0.15, -0.1) is 0 Å². The van der Waals surface area contributed by atoms with Crippen LogP contribution >= 0.6 is 0 Å². The van der Waals surface area contributed by atoms with Gasteiger partial charge in [0.2, 0.25) is 5.36 Å². The van der Waals surface area contributed by atoms with Crippen molar-refractivity contribution in [2.45, 2.75) is 26.7 Å². The SMILES string of the molecule is CCC[N+](CCC)=c1cc(-c2ccccc2)oc2ccccc12. The fourth-order valence-electron chi connectivity index (χ4n) is 3.02. The minimum atomic E-state index is 0.927. The third kappa shape index (κ3) is 3.37. The molecule has 0 aliphatic carbocycles. The van der Waals surface area contributed by atoms with Gasteiger partial charge >= 0.3 is 0 Å². The molecule has 2 heteroatoms. The molecule has 0 atom stereocenters. The highest BCUT2D eigenvalue weighted by Crippen LogP contribution is 2.21. The molecule has 1 heterocycles. The van der Waals surface area contributed by atoms with Gasteiger partial charge in [-0.2, -0.15) is 0 Å². The van der Waals surface area contributed by atoms with Crippen LogP contribution in [0.3, 0.4) is 0 Å². The Morgan fingerprint density at radius 1 is 0.826 bits per heavy atom.